The van der Waals surface area contributed by atoms with E-state index in [9.17, 15) is 9.18 Å². The fraction of sp³-hybridized carbons (Fsp3) is 0.708. The quantitative estimate of drug-likeness (QED) is 0.666. The third kappa shape index (κ3) is 6.67. The van der Waals surface area contributed by atoms with Crippen molar-refractivity contribution in [1.82, 2.24) is 15.1 Å². The zero-order chi connectivity index (χ0) is 21.5. The van der Waals surface area contributed by atoms with Crippen LogP contribution in [0.3, 0.4) is 0 Å². The largest absolute Gasteiger partial charge is 0.493 e. The second-order valence-electron chi connectivity index (χ2n) is 9.35. The van der Waals surface area contributed by atoms with Crippen molar-refractivity contribution in [1.29, 1.82) is 0 Å². The lowest BCUT2D eigenvalue weighted by Gasteiger charge is -2.38. The van der Waals surface area contributed by atoms with E-state index in [1.807, 2.05) is 0 Å². The molecule has 2 fully saturated rings. The minimum absolute atomic E-state index is 0.0184. The molecule has 2 aliphatic heterocycles. The van der Waals surface area contributed by atoms with Gasteiger partial charge in [0.1, 0.15) is 11.6 Å². The summed E-state index contributed by atoms with van der Waals surface area (Å²) in [5, 5.41) is 3.24. The lowest BCUT2D eigenvalue weighted by Crippen LogP contribution is -2.50. The van der Waals surface area contributed by atoms with Crippen molar-refractivity contribution < 1.29 is 13.9 Å². The molecule has 2 heterocycles. The van der Waals surface area contributed by atoms with Crippen LogP contribution in [-0.4, -0.2) is 67.6 Å². The predicted molar refractivity (Wildman–Crippen MR) is 118 cm³/mol. The van der Waals surface area contributed by atoms with Crippen LogP contribution in [0.1, 0.15) is 40.0 Å². The number of likely N-dealkylation sites (tertiary alicyclic amines) is 2. The third-order valence-electron chi connectivity index (χ3n) is 6.31. The Morgan fingerprint density at radius 3 is 2.90 bits per heavy atom. The molecular weight excluding hydrogens is 381 g/mol. The van der Waals surface area contributed by atoms with Gasteiger partial charge < -0.3 is 15.0 Å². The molecule has 0 aromatic heterocycles. The van der Waals surface area contributed by atoms with Gasteiger partial charge in [-0.25, -0.2) is 4.39 Å². The maximum absolute atomic E-state index is 13.4. The lowest BCUT2D eigenvalue weighted by atomic mass is 9.88. The first kappa shape index (κ1) is 23.0. The highest BCUT2D eigenvalue weighted by atomic mass is 19.1. The van der Waals surface area contributed by atoms with Crippen molar-refractivity contribution in [2.24, 2.45) is 17.8 Å². The maximum Gasteiger partial charge on any atom is 0.224 e. The van der Waals surface area contributed by atoms with Gasteiger partial charge in [-0.3, -0.25) is 9.69 Å². The van der Waals surface area contributed by atoms with Crippen molar-refractivity contribution >= 4 is 5.91 Å². The van der Waals surface area contributed by atoms with Crippen LogP contribution in [0.25, 0.3) is 0 Å². The summed E-state index contributed by atoms with van der Waals surface area (Å²) in [5.74, 6) is 1.22. The van der Waals surface area contributed by atoms with Crippen molar-refractivity contribution in [3.8, 4) is 5.75 Å². The van der Waals surface area contributed by atoms with Gasteiger partial charge in [-0.15, -0.1) is 0 Å². The highest BCUT2D eigenvalue weighted by molar-refractivity contribution is 5.79. The first-order chi connectivity index (χ1) is 14.4. The highest BCUT2D eigenvalue weighted by Gasteiger charge is 2.33. The van der Waals surface area contributed by atoms with Gasteiger partial charge in [0.25, 0.3) is 0 Å². The Morgan fingerprint density at radius 1 is 1.33 bits per heavy atom. The van der Waals surface area contributed by atoms with E-state index in [0.29, 0.717) is 24.3 Å². The van der Waals surface area contributed by atoms with Crippen LogP contribution in [0.4, 0.5) is 4.39 Å². The number of amides is 1. The molecule has 1 unspecified atom stereocenters. The number of hydrogen-bond acceptors (Lipinski definition) is 4. The number of halogens is 1. The number of nitrogens with one attached hydrogen (secondary N) is 1. The summed E-state index contributed by atoms with van der Waals surface area (Å²) in [6.45, 7) is 12.8. The van der Waals surface area contributed by atoms with E-state index in [4.69, 9.17) is 4.74 Å². The van der Waals surface area contributed by atoms with Gasteiger partial charge in [-0.05, 0) is 50.4 Å². The standard InChI is InChI=1S/C24H38FN3O2/c1-4-28-10-6-8-22(28)13-26-24(29)20-11-19(15-27(16-20)14-18(2)3)17-30-23-9-5-7-21(25)12-23/h5,7,9,12,18-20,22H,4,6,8,10-11,13-17H2,1-3H3,(H,26,29)/t19-,20+,22?/m0/s1. The fourth-order valence-electron chi connectivity index (χ4n) is 4.96. The van der Waals surface area contributed by atoms with E-state index in [-0.39, 0.29) is 23.6 Å². The molecule has 0 aliphatic carbocycles. The van der Waals surface area contributed by atoms with Gasteiger partial charge >= 0.3 is 0 Å². The van der Waals surface area contributed by atoms with E-state index < -0.39 is 0 Å². The summed E-state index contributed by atoms with van der Waals surface area (Å²) < 4.78 is 19.3. The summed E-state index contributed by atoms with van der Waals surface area (Å²) in [4.78, 5) is 17.9. The van der Waals surface area contributed by atoms with Gasteiger partial charge in [0.2, 0.25) is 5.91 Å². The van der Waals surface area contributed by atoms with Crippen LogP contribution in [0.15, 0.2) is 24.3 Å². The molecule has 6 heteroatoms. The Bertz CT molecular complexity index is 684. The average molecular weight is 420 g/mol. The van der Waals surface area contributed by atoms with Crippen molar-refractivity contribution in [2.75, 3.05) is 45.9 Å². The number of benzene rings is 1. The van der Waals surface area contributed by atoms with Gasteiger partial charge in [-0.1, -0.05) is 26.8 Å². The molecule has 3 atom stereocenters. The zero-order valence-corrected chi connectivity index (χ0v) is 18.8. The van der Waals surface area contributed by atoms with Gasteiger partial charge in [-0.2, -0.15) is 0 Å². The van der Waals surface area contributed by atoms with E-state index >= 15 is 0 Å². The number of nitrogens with zero attached hydrogens (tertiary/aromatic N) is 2. The molecule has 2 aliphatic rings. The SMILES string of the molecule is CCN1CCCC1CNC(=O)[C@@H]1C[C@H](COc2cccc(F)c2)CN(CC(C)C)C1. The molecule has 30 heavy (non-hydrogen) atoms. The Labute approximate surface area is 180 Å². The predicted octanol–water partition coefficient (Wildman–Crippen LogP) is 3.40. The number of likely N-dealkylation sites (N-methyl/N-ethyl adjacent to an activating group) is 1. The van der Waals surface area contributed by atoms with Crippen LogP contribution < -0.4 is 10.1 Å². The van der Waals surface area contributed by atoms with Crippen LogP contribution in [0.5, 0.6) is 5.75 Å². The molecule has 1 N–H and O–H groups in total. The van der Waals surface area contributed by atoms with E-state index in [0.717, 1.165) is 45.7 Å². The first-order valence-electron chi connectivity index (χ1n) is 11.6. The average Bonchev–Trinajstić information content (AvgIpc) is 3.17. The van der Waals surface area contributed by atoms with Crippen LogP contribution >= 0.6 is 0 Å². The molecule has 0 saturated carbocycles. The van der Waals surface area contributed by atoms with Crippen LogP contribution in [0.2, 0.25) is 0 Å². The van der Waals surface area contributed by atoms with Crippen molar-refractivity contribution in [3.05, 3.63) is 30.1 Å². The topological polar surface area (TPSA) is 44.8 Å². The second kappa shape index (κ2) is 11.1. The molecule has 0 bridgehead atoms. The third-order valence-corrected chi connectivity index (χ3v) is 6.31. The van der Waals surface area contributed by atoms with Crippen LogP contribution in [0, 0.1) is 23.6 Å². The lowest BCUT2D eigenvalue weighted by molar-refractivity contribution is -0.128. The highest BCUT2D eigenvalue weighted by Crippen LogP contribution is 2.25. The molecule has 1 amide bonds. The molecule has 168 valence electrons. The Morgan fingerprint density at radius 2 is 2.17 bits per heavy atom. The molecule has 5 nitrogen and oxygen atoms in total. The number of piperidine rings is 1. The van der Waals surface area contributed by atoms with Crippen molar-refractivity contribution in [3.63, 3.8) is 0 Å². The summed E-state index contributed by atoms with van der Waals surface area (Å²) in [6.07, 6.45) is 3.21. The normalized spacial score (nSPS) is 25.6. The number of hydrogen-bond donors (Lipinski definition) is 1. The number of carbonyl (C=O) groups excluding carboxylic acids is 1. The Hall–Kier alpha value is -1.66. The summed E-state index contributed by atoms with van der Waals surface area (Å²) >= 11 is 0. The Kier molecular flexibility index (Phi) is 8.51. The molecule has 0 spiro atoms. The van der Waals surface area contributed by atoms with E-state index in [1.165, 1.54) is 25.0 Å². The first-order valence-corrected chi connectivity index (χ1v) is 11.6. The second-order valence-corrected chi connectivity index (χ2v) is 9.35. The smallest absolute Gasteiger partial charge is 0.224 e. The van der Waals surface area contributed by atoms with Crippen molar-refractivity contribution in [2.45, 2.75) is 46.1 Å². The Balaban J connectivity index is 1.55. The molecule has 0 radical (unpaired) electrons. The van der Waals surface area contributed by atoms with Gasteiger partial charge in [0.05, 0.1) is 12.5 Å². The minimum atomic E-state index is -0.289. The molecule has 3 rings (SSSR count). The summed E-state index contributed by atoms with van der Waals surface area (Å²) in [6, 6.07) is 6.75. The van der Waals surface area contributed by atoms with Gasteiger partial charge in [0, 0.05) is 44.2 Å². The van der Waals surface area contributed by atoms with E-state index in [1.54, 1.807) is 12.1 Å². The molecule has 2 saturated heterocycles. The van der Waals surface area contributed by atoms with Crippen LogP contribution in [-0.2, 0) is 4.79 Å². The number of rotatable bonds is 9. The minimum Gasteiger partial charge on any atom is -0.493 e. The number of carbonyl (C=O) groups is 1. The molecular formula is C24H38FN3O2. The number of ether oxygens (including phenoxy) is 1. The maximum atomic E-state index is 13.4. The van der Waals surface area contributed by atoms with E-state index in [2.05, 4.69) is 35.9 Å². The molecule has 1 aromatic carbocycles. The summed E-state index contributed by atoms with van der Waals surface area (Å²) in [5.41, 5.74) is 0. The fourth-order valence-corrected chi connectivity index (χ4v) is 4.96. The van der Waals surface area contributed by atoms with Gasteiger partial charge in [0.15, 0.2) is 0 Å². The monoisotopic (exact) mass is 419 g/mol. The zero-order valence-electron chi connectivity index (χ0n) is 18.8. The summed E-state index contributed by atoms with van der Waals surface area (Å²) in [7, 11) is 0. The molecule has 1 aromatic rings.